The van der Waals surface area contributed by atoms with Gasteiger partial charge >= 0.3 is 5.97 Å². The number of rotatable bonds is 7. The summed E-state index contributed by atoms with van der Waals surface area (Å²) in [5, 5.41) is 2.78. The van der Waals surface area contributed by atoms with Crippen LogP contribution in [0, 0.1) is 11.7 Å². The largest absolute Gasteiger partial charge is 0.496 e. The lowest BCUT2D eigenvalue weighted by Gasteiger charge is -2.29. The molecule has 0 spiro atoms. The summed E-state index contributed by atoms with van der Waals surface area (Å²) >= 11 is 5.85. The third-order valence-electron chi connectivity index (χ3n) is 5.34. The molecule has 1 aliphatic rings. The van der Waals surface area contributed by atoms with Crippen LogP contribution >= 0.6 is 11.6 Å². The number of nitrogens with one attached hydrogen (secondary N) is 1. The summed E-state index contributed by atoms with van der Waals surface area (Å²) in [6, 6.07) is 7.07. The summed E-state index contributed by atoms with van der Waals surface area (Å²) < 4.78 is 51.1. The number of nitrogens with zero attached hydrogens (tertiary/aromatic N) is 1. The number of carbonyl (C=O) groups excluding carboxylic acids is 3. The van der Waals surface area contributed by atoms with Crippen molar-refractivity contribution in [3.63, 3.8) is 0 Å². The molecule has 2 atom stereocenters. The van der Waals surface area contributed by atoms with E-state index in [0.29, 0.717) is 15.6 Å². The number of amides is 2. The number of sulfonamides is 1. The zero-order chi connectivity index (χ0) is 25.0. The van der Waals surface area contributed by atoms with Crippen molar-refractivity contribution in [3.05, 3.63) is 58.9 Å². The van der Waals surface area contributed by atoms with Gasteiger partial charge in [-0.15, -0.1) is 0 Å². The van der Waals surface area contributed by atoms with Gasteiger partial charge < -0.3 is 14.8 Å². The molecular formula is C22H22ClFN2O7S. The van der Waals surface area contributed by atoms with E-state index < -0.39 is 52.0 Å². The zero-order valence-corrected chi connectivity index (χ0v) is 19.9. The molecule has 182 valence electrons. The molecule has 9 nitrogen and oxygen atoms in total. The Bertz CT molecular complexity index is 1200. The Morgan fingerprint density at radius 1 is 1.18 bits per heavy atom. The van der Waals surface area contributed by atoms with E-state index in [9.17, 15) is 27.2 Å². The fraction of sp³-hybridized carbons (Fsp3) is 0.318. The summed E-state index contributed by atoms with van der Waals surface area (Å²) in [5.41, 5.74) is 0.311. The van der Waals surface area contributed by atoms with Crippen LogP contribution in [0.5, 0.6) is 5.75 Å². The quantitative estimate of drug-likeness (QED) is 0.563. The van der Waals surface area contributed by atoms with Crippen molar-refractivity contribution in [2.45, 2.75) is 23.8 Å². The van der Waals surface area contributed by atoms with Crippen LogP contribution in [0.3, 0.4) is 0 Å². The van der Waals surface area contributed by atoms with E-state index in [-0.39, 0.29) is 22.9 Å². The number of halogens is 2. The molecular weight excluding hydrogens is 491 g/mol. The lowest BCUT2D eigenvalue weighted by atomic mass is 9.97. The number of carbonyl (C=O) groups is 3. The van der Waals surface area contributed by atoms with Crippen LogP contribution in [0.25, 0.3) is 0 Å². The average molecular weight is 513 g/mol. The smallest absolute Gasteiger partial charge is 0.308 e. The first-order chi connectivity index (χ1) is 16.1. The monoisotopic (exact) mass is 512 g/mol. The van der Waals surface area contributed by atoms with E-state index in [2.05, 4.69) is 10.1 Å². The second-order valence-corrected chi connectivity index (χ2v) is 9.74. The highest BCUT2D eigenvalue weighted by Crippen LogP contribution is 2.29. The van der Waals surface area contributed by atoms with Crippen molar-refractivity contribution < 1.29 is 36.7 Å². The maximum absolute atomic E-state index is 13.9. The lowest BCUT2D eigenvalue weighted by molar-refractivity contribution is -0.145. The van der Waals surface area contributed by atoms with Crippen LogP contribution in [0.1, 0.15) is 12.0 Å². The van der Waals surface area contributed by atoms with Crippen molar-refractivity contribution in [2.24, 2.45) is 5.92 Å². The number of hydrogen-bond acceptors (Lipinski definition) is 7. The predicted octanol–water partition coefficient (Wildman–Crippen LogP) is 1.93. The zero-order valence-electron chi connectivity index (χ0n) is 18.3. The van der Waals surface area contributed by atoms with Crippen LogP contribution in [-0.2, 0) is 35.6 Å². The number of hydrogen-bond donors (Lipinski definition) is 1. The van der Waals surface area contributed by atoms with Crippen molar-refractivity contribution in [1.82, 2.24) is 9.62 Å². The van der Waals surface area contributed by atoms with Gasteiger partial charge in [0.2, 0.25) is 11.8 Å². The highest BCUT2D eigenvalue weighted by molar-refractivity contribution is 7.89. The first-order valence-electron chi connectivity index (χ1n) is 10.1. The molecule has 1 N–H and O–H groups in total. The molecule has 1 fully saturated rings. The minimum atomic E-state index is -4.59. The first kappa shape index (κ1) is 25.4. The summed E-state index contributed by atoms with van der Waals surface area (Å²) in [7, 11) is -2.13. The molecule has 0 radical (unpaired) electrons. The first-order valence-corrected chi connectivity index (χ1v) is 11.9. The summed E-state index contributed by atoms with van der Waals surface area (Å²) in [5.74, 6) is -4.03. The van der Waals surface area contributed by atoms with Crippen molar-refractivity contribution >= 4 is 39.4 Å². The molecule has 0 unspecified atom stereocenters. The molecule has 0 saturated carbocycles. The molecule has 0 aromatic heterocycles. The molecule has 2 aromatic rings. The maximum atomic E-state index is 13.9. The van der Waals surface area contributed by atoms with Crippen molar-refractivity contribution in [2.75, 3.05) is 20.8 Å². The van der Waals surface area contributed by atoms with Gasteiger partial charge in [-0.1, -0.05) is 11.6 Å². The van der Waals surface area contributed by atoms with Gasteiger partial charge in [0.25, 0.3) is 10.0 Å². The Morgan fingerprint density at radius 2 is 1.85 bits per heavy atom. The highest BCUT2D eigenvalue weighted by Gasteiger charge is 2.46. The van der Waals surface area contributed by atoms with Gasteiger partial charge in [-0.25, -0.2) is 17.1 Å². The van der Waals surface area contributed by atoms with Gasteiger partial charge in [-0.3, -0.25) is 14.4 Å². The standard InChI is InChI=1S/C22H22ClFN2O7S/c1-32-19-8-5-16(24)10-13(19)9-14-12-25-21(28)18(11-20(27)33-2)26(22(14)29)34(30,31)17-6-3-15(23)4-7-17/h3-8,10,14,18H,9,11-12H2,1-2H3,(H,25,28)/t14-,18+/m0/s1. The summed E-state index contributed by atoms with van der Waals surface area (Å²) in [6.45, 7) is -0.234. The molecule has 1 saturated heterocycles. The molecule has 0 aliphatic carbocycles. The van der Waals surface area contributed by atoms with E-state index in [0.717, 1.165) is 7.11 Å². The Balaban J connectivity index is 2.08. The predicted molar refractivity (Wildman–Crippen MR) is 119 cm³/mol. The highest BCUT2D eigenvalue weighted by atomic mass is 35.5. The Morgan fingerprint density at radius 3 is 2.47 bits per heavy atom. The Hall–Kier alpha value is -3.18. The minimum Gasteiger partial charge on any atom is -0.496 e. The van der Waals surface area contributed by atoms with E-state index in [4.69, 9.17) is 16.3 Å². The normalized spacial score (nSPS) is 18.8. The van der Waals surface area contributed by atoms with Gasteiger partial charge in [-0.2, -0.15) is 0 Å². The minimum absolute atomic E-state index is 0.127. The van der Waals surface area contributed by atoms with Gasteiger partial charge in [-0.05, 0) is 54.4 Å². The van der Waals surface area contributed by atoms with E-state index in [1.807, 2.05) is 0 Å². The molecule has 1 aliphatic heterocycles. The van der Waals surface area contributed by atoms with Gasteiger partial charge in [0.15, 0.2) is 0 Å². The van der Waals surface area contributed by atoms with Gasteiger partial charge in [0, 0.05) is 11.6 Å². The van der Waals surface area contributed by atoms with Crippen molar-refractivity contribution in [1.29, 1.82) is 0 Å². The average Bonchev–Trinajstić information content (AvgIpc) is 2.91. The SMILES string of the molecule is COC(=O)C[C@@H]1C(=O)NC[C@H](Cc2cc(F)ccc2OC)C(=O)N1S(=O)(=O)c1ccc(Cl)cc1. The summed E-state index contributed by atoms with van der Waals surface area (Å²) in [6.07, 6.45) is -0.811. The molecule has 34 heavy (non-hydrogen) atoms. The molecule has 3 rings (SSSR count). The van der Waals surface area contributed by atoms with E-state index in [1.165, 1.54) is 49.6 Å². The van der Waals surface area contributed by atoms with Crippen LogP contribution < -0.4 is 10.1 Å². The third-order valence-corrected chi connectivity index (χ3v) is 7.41. The number of benzene rings is 2. The Kier molecular flexibility index (Phi) is 7.78. The molecule has 2 aromatic carbocycles. The van der Waals surface area contributed by atoms with Crippen LogP contribution in [0.15, 0.2) is 47.4 Å². The number of ether oxygens (including phenoxy) is 2. The van der Waals surface area contributed by atoms with E-state index in [1.54, 1.807) is 0 Å². The summed E-state index contributed by atoms with van der Waals surface area (Å²) in [4.78, 5) is 38.1. The van der Waals surface area contributed by atoms with E-state index >= 15 is 0 Å². The second-order valence-electron chi connectivity index (χ2n) is 7.49. The molecule has 0 bridgehead atoms. The topological polar surface area (TPSA) is 119 Å². The van der Waals surface area contributed by atoms with Crippen molar-refractivity contribution in [3.8, 4) is 5.75 Å². The maximum Gasteiger partial charge on any atom is 0.308 e. The number of esters is 1. The molecule has 2 amide bonds. The molecule has 1 heterocycles. The van der Waals surface area contributed by atoms with Crippen LogP contribution in [0.4, 0.5) is 4.39 Å². The van der Waals surface area contributed by atoms with Crippen LogP contribution in [0.2, 0.25) is 5.02 Å². The second kappa shape index (κ2) is 10.4. The number of methoxy groups -OCH3 is 2. The third kappa shape index (κ3) is 5.31. The Labute approximate surface area is 200 Å². The molecule has 12 heteroatoms. The van der Waals surface area contributed by atoms with Gasteiger partial charge in [0.05, 0.1) is 31.5 Å². The van der Waals surface area contributed by atoms with Crippen LogP contribution in [-0.4, -0.2) is 57.3 Å². The fourth-order valence-electron chi connectivity index (χ4n) is 3.62. The van der Waals surface area contributed by atoms with Gasteiger partial charge in [0.1, 0.15) is 17.6 Å². The fourth-order valence-corrected chi connectivity index (χ4v) is 5.35. The lowest BCUT2D eigenvalue weighted by Crippen LogP contribution is -2.51.